The second-order valence-electron chi connectivity index (χ2n) is 6.29. The molecule has 0 aliphatic heterocycles. The van der Waals surface area contributed by atoms with E-state index in [1.165, 1.54) is 10.8 Å². The second-order valence-corrected chi connectivity index (χ2v) is 7.15. The highest BCUT2D eigenvalue weighted by atomic mass is 79.9. The van der Waals surface area contributed by atoms with Crippen molar-refractivity contribution in [3.8, 4) is 11.1 Å². The molecule has 0 aliphatic carbocycles. The molecule has 0 aliphatic rings. The number of hydrogen-bond donors (Lipinski definition) is 0. The number of ketones is 1. The highest BCUT2D eigenvalue weighted by Gasteiger charge is 2.09. The Morgan fingerprint density at radius 2 is 1.33 bits per heavy atom. The molecule has 0 aromatic heterocycles. The molecule has 4 aromatic carbocycles. The normalized spacial score (nSPS) is 11.1. The minimum atomic E-state index is 0.00562. The van der Waals surface area contributed by atoms with Crippen LogP contribution in [-0.4, -0.2) is 5.78 Å². The van der Waals surface area contributed by atoms with E-state index >= 15 is 0 Å². The number of carbonyl (C=O) groups excluding carboxylic acids is 1. The van der Waals surface area contributed by atoms with E-state index in [2.05, 4.69) is 52.3 Å². The molecule has 0 heterocycles. The van der Waals surface area contributed by atoms with E-state index in [0.717, 1.165) is 21.2 Å². The van der Waals surface area contributed by atoms with Crippen molar-refractivity contribution in [1.29, 1.82) is 0 Å². The summed E-state index contributed by atoms with van der Waals surface area (Å²) in [6, 6.07) is 30.0. The third kappa shape index (κ3) is 3.62. The Morgan fingerprint density at radius 1 is 0.667 bits per heavy atom. The fourth-order valence-electron chi connectivity index (χ4n) is 3.25. The molecular weight excluding hydrogens is 396 g/mol. The van der Waals surface area contributed by atoms with Crippen molar-refractivity contribution < 1.29 is 4.79 Å². The summed E-state index contributed by atoms with van der Waals surface area (Å²) in [5, 5.41) is 2.36. The topological polar surface area (TPSA) is 17.1 Å². The SMILES string of the molecule is O=C(C=Cc1ccccc1-c1ccc(Br)c2ccccc12)c1ccccc1. The van der Waals surface area contributed by atoms with Gasteiger partial charge in [0.2, 0.25) is 0 Å². The lowest BCUT2D eigenvalue weighted by molar-refractivity contribution is 0.104. The second kappa shape index (κ2) is 7.73. The van der Waals surface area contributed by atoms with Gasteiger partial charge in [-0.15, -0.1) is 0 Å². The first-order valence-corrected chi connectivity index (χ1v) is 9.57. The van der Waals surface area contributed by atoms with Gasteiger partial charge in [0.05, 0.1) is 0 Å². The van der Waals surface area contributed by atoms with Crippen LogP contribution in [0.25, 0.3) is 28.0 Å². The van der Waals surface area contributed by atoms with E-state index in [-0.39, 0.29) is 5.78 Å². The molecule has 0 amide bonds. The molecular formula is C25H17BrO. The maximum absolute atomic E-state index is 12.4. The first-order valence-electron chi connectivity index (χ1n) is 8.78. The molecule has 0 atom stereocenters. The average Bonchev–Trinajstić information content (AvgIpc) is 2.73. The van der Waals surface area contributed by atoms with Crippen molar-refractivity contribution in [2.24, 2.45) is 0 Å². The molecule has 4 aromatic rings. The van der Waals surface area contributed by atoms with Crippen molar-refractivity contribution >= 4 is 38.6 Å². The molecule has 130 valence electrons. The van der Waals surface area contributed by atoms with E-state index in [9.17, 15) is 4.79 Å². The monoisotopic (exact) mass is 412 g/mol. The Morgan fingerprint density at radius 3 is 2.15 bits per heavy atom. The number of benzene rings is 4. The van der Waals surface area contributed by atoms with Crippen molar-refractivity contribution in [2.45, 2.75) is 0 Å². The third-order valence-electron chi connectivity index (χ3n) is 4.59. The number of rotatable bonds is 4. The van der Waals surface area contributed by atoms with Crippen LogP contribution in [0.15, 0.2) is 102 Å². The summed E-state index contributed by atoms with van der Waals surface area (Å²) in [6.07, 6.45) is 3.55. The van der Waals surface area contributed by atoms with E-state index in [0.29, 0.717) is 5.56 Å². The summed E-state index contributed by atoms with van der Waals surface area (Å²) in [5.74, 6) is 0.00562. The molecule has 0 radical (unpaired) electrons. The zero-order valence-corrected chi connectivity index (χ0v) is 16.2. The number of carbonyl (C=O) groups is 1. The summed E-state index contributed by atoms with van der Waals surface area (Å²) < 4.78 is 1.08. The molecule has 0 spiro atoms. The zero-order valence-electron chi connectivity index (χ0n) is 14.6. The lowest BCUT2D eigenvalue weighted by atomic mass is 9.94. The van der Waals surface area contributed by atoms with Gasteiger partial charge in [-0.25, -0.2) is 0 Å². The van der Waals surface area contributed by atoms with Gasteiger partial charge in [0.25, 0.3) is 0 Å². The van der Waals surface area contributed by atoms with Gasteiger partial charge in [0.1, 0.15) is 0 Å². The standard InChI is InChI=1S/C25H17BrO/c26-24-16-15-22(21-12-6-7-13-23(21)24)20-11-5-4-8-18(20)14-17-25(27)19-9-2-1-3-10-19/h1-17H. The first-order chi connectivity index (χ1) is 13.2. The summed E-state index contributed by atoms with van der Waals surface area (Å²) in [5.41, 5.74) is 3.98. The van der Waals surface area contributed by atoms with Gasteiger partial charge < -0.3 is 0 Å². The lowest BCUT2D eigenvalue weighted by Crippen LogP contribution is -1.93. The summed E-state index contributed by atoms with van der Waals surface area (Å²) in [4.78, 5) is 12.4. The molecule has 27 heavy (non-hydrogen) atoms. The molecule has 0 unspecified atom stereocenters. The maximum Gasteiger partial charge on any atom is 0.185 e. The minimum Gasteiger partial charge on any atom is -0.289 e. The molecule has 0 bridgehead atoms. The number of allylic oxidation sites excluding steroid dienone is 1. The van der Waals surface area contributed by atoms with Crippen LogP contribution in [0.3, 0.4) is 0 Å². The number of fused-ring (bicyclic) bond motifs is 1. The minimum absolute atomic E-state index is 0.00562. The quantitative estimate of drug-likeness (QED) is 0.256. The van der Waals surface area contributed by atoms with Gasteiger partial charge in [0, 0.05) is 10.0 Å². The van der Waals surface area contributed by atoms with Crippen molar-refractivity contribution in [1.82, 2.24) is 0 Å². The Kier molecular flexibility index (Phi) is 4.99. The Balaban J connectivity index is 1.78. The van der Waals surface area contributed by atoms with Crippen LogP contribution in [-0.2, 0) is 0 Å². The van der Waals surface area contributed by atoms with Crippen LogP contribution in [0.5, 0.6) is 0 Å². The van der Waals surface area contributed by atoms with Crippen LogP contribution >= 0.6 is 15.9 Å². The van der Waals surface area contributed by atoms with Gasteiger partial charge in [0.15, 0.2) is 5.78 Å². The van der Waals surface area contributed by atoms with E-state index < -0.39 is 0 Å². The average molecular weight is 413 g/mol. The van der Waals surface area contributed by atoms with Gasteiger partial charge in [-0.2, -0.15) is 0 Å². The number of hydrogen-bond acceptors (Lipinski definition) is 1. The lowest BCUT2D eigenvalue weighted by Gasteiger charge is -2.11. The predicted molar refractivity (Wildman–Crippen MR) is 117 cm³/mol. The van der Waals surface area contributed by atoms with Gasteiger partial charge in [-0.1, -0.05) is 107 Å². The van der Waals surface area contributed by atoms with Crippen LogP contribution in [0, 0.1) is 0 Å². The molecule has 0 fully saturated rings. The largest absolute Gasteiger partial charge is 0.289 e. The summed E-state index contributed by atoms with van der Waals surface area (Å²) in [7, 11) is 0. The van der Waals surface area contributed by atoms with E-state index in [1.54, 1.807) is 6.08 Å². The Bertz CT molecular complexity index is 1140. The van der Waals surface area contributed by atoms with Crippen LogP contribution in [0.4, 0.5) is 0 Å². The van der Waals surface area contributed by atoms with Crippen molar-refractivity contribution in [2.75, 3.05) is 0 Å². The third-order valence-corrected chi connectivity index (χ3v) is 5.29. The van der Waals surface area contributed by atoms with Crippen molar-refractivity contribution in [3.05, 3.63) is 113 Å². The molecule has 4 rings (SSSR count). The van der Waals surface area contributed by atoms with Gasteiger partial charge >= 0.3 is 0 Å². The fourth-order valence-corrected chi connectivity index (χ4v) is 3.73. The summed E-state index contributed by atoms with van der Waals surface area (Å²) >= 11 is 3.64. The molecule has 1 nitrogen and oxygen atoms in total. The highest BCUT2D eigenvalue weighted by Crippen LogP contribution is 2.35. The van der Waals surface area contributed by atoms with Gasteiger partial charge in [-0.05, 0) is 39.6 Å². The van der Waals surface area contributed by atoms with E-state index in [1.807, 2.05) is 60.7 Å². The molecule has 0 saturated carbocycles. The van der Waals surface area contributed by atoms with E-state index in [4.69, 9.17) is 0 Å². The van der Waals surface area contributed by atoms with Crippen LogP contribution in [0.2, 0.25) is 0 Å². The smallest absolute Gasteiger partial charge is 0.185 e. The zero-order chi connectivity index (χ0) is 18.6. The molecule has 2 heteroatoms. The Labute approximate surface area is 167 Å². The molecule has 0 N–H and O–H groups in total. The number of halogens is 1. The fraction of sp³-hybridized carbons (Fsp3) is 0. The highest BCUT2D eigenvalue weighted by molar-refractivity contribution is 9.10. The van der Waals surface area contributed by atoms with Crippen molar-refractivity contribution in [3.63, 3.8) is 0 Å². The summed E-state index contributed by atoms with van der Waals surface area (Å²) in [6.45, 7) is 0. The predicted octanol–water partition coefficient (Wildman–Crippen LogP) is 7.17. The van der Waals surface area contributed by atoms with Gasteiger partial charge in [-0.3, -0.25) is 4.79 Å². The molecule has 0 saturated heterocycles. The first kappa shape index (κ1) is 17.4. The van der Waals surface area contributed by atoms with Crippen LogP contribution in [0.1, 0.15) is 15.9 Å². The maximum atomic E-state index is 12.4. The van der Waals surface area contributed by atoms with Crippen LogP contribution < -0.4 is 0 Å². The Hall–Kier alpha value is -2.97.